The summed E-state index contributed by atoms with van der Waals surface area (Å²) in [6, 6.07) is 8.20. The predicted octanol–water partition coefficient (Wildman–Crippen LogP) is 2.19. The summed E-state index contributed by atoms with van der Waals surface area (Å²) >= 11 is 0. The highest BCUT2D eigenvalue weighted by Gasteiger charge is 2.28. The summed E-state index contributed by atoms with van der Waals surface area (Å²) in [6.45, 7) is 6.05. The Balaban J connectivity index is 0.000000438. The summed E-state index contributed by atoms with van der Waals surface area (Å²) in [6.07, 6.45) is 5.36. The largest absolute Gasteiger partial charge is 0.497 e. The average Bonchev–Trinajstić information content (AvgIpc) is 2.74. The Morgan fingerprint density at radius 1 is 0.966 bits per heavy atom. The number of benzene rings is 1. The molecule has 3 rings (SSSR count). The zero-order chi connectivity index (χ0) is 21.4. The SMILES string of the molecule is COc1cccc(C(=O)N2CCN(C3CCC(C)CC3)CC2)c1.O=C(O)C(=O)O. The third-order valence-electron chi connectivity index (χ3n) is 5.60. The molecule has 1 aromatic rings. The lowest BCUT2D eigenvalue weighted by molar-refractivity contribution is -0.159. The second-order valence-electron chi connectivity index (χ2n) is 7.58. The number of hydrogen-bond acceptors (Lipinski definition) is 5. The second-order valence-corrected chi connectivity index (χ2v) is 7.58. The number of amides is 1. The van der Waals surface area contributed by atoms with Crippen molar-refractivity contribution in [3.63, 3.8) is 0 Å². The van der Waals surface area contributed by atoms with E-state index in [1.54, 1.807) is 7.11 Å². The summed E-state index contributed by atoms with van der Waals surface area (Å²) in [5.74, 6) is -1.89. The van der Waals surface area contributed by atoms with E-state index < -0.39 is 11.9 Å². The minimum atomic E-state index is -1.82. The van der Waals surface area contributed by atoms with Crippen LogP contribution in [0.4, 0.5) is 0 Å². The number of carbonyl (C=O) groups excluding carboxylic acids is 1. The van der Waals surface area contributed by atoms with Crippen LogP contribution in [0.5, 0.6) is 5.75 Å². The molecule has 8 heteroatoms. The first-order valence-corrected chi connectivity index (χ1v) is 9.95. The standard InChI is InChI=1S/C19H28N2O2.C2H2O4/c1-15-6-8-17(9-7-15)20-10-12-21(13-11-20)19(22)16-4-3-5-18(14-16)23-2;3-1(4)2(5)6/h3-5,14-15,17H,6-13H2,1-2H3;(H,3,4)(H,5,6). The van der Waals surface area contributed by atoms with Crippen LogP contribution >= 0.6 is 0 Å². The van der Waals surface area contributed by atoms with Crippen molar-refractivity contribution in [2.75, 3.05) is 33.3 Å². The van der Waals surface area contributed by atoms with E-state index >= 15 is 0 Å². The molecule has 2 fully saturated rings. The summed E-state index contributed by atoms with van der Waals surface area (Å²) in [4.78, 5) is 35.4. The van der Waals surface area contributed by atoms with E-state index in [2.05, 4.69) is 11.8 Å². The molecule has 1 saturated heterocycles. The normalized spacial score (nSPS) is 22.2. The Hall–Kier alpha value is -2.61. The number of aliphatic carboxylic acids is 2. The molecular weight excluding hydrogens is 376 g/mol. The van der Waals surface area contributed by atoms with Gasteiger partial charge in [0.15, 0.2) is 0 Å². The van der Waals surface area contributed by atoms with Crippen LogP contribution in [0.25, 0.3) is 0 Å². The van der Waals surface area contributed by atoms with Gasteiger partial charge in [-0.3, -0.25) is 9.69 Å². The Morgan fingerprint density at radius 3 is 2.07 bits per heavy atom. The molecule has 2 N–H and O–H groups in total. The Bertz CT molecular complexity index is 695. The third-order valence-corrected chi connectivity index (χ3v) is 5.60. The lowest BCUT2D eigenvalue weighted by atomic mass is 9.86. The first-order valence-electron chi connectivity index (χ1n) is 9.95. The van der Waals surface area contributed by atoms with Crippen LogP contribution in [0, 0.1) is 5.92 Å². The molecule has 0 radical (unpaired) electrons. The fourth-order valence-electron chi connectivity index (χ4n) is 3.84. The van der Waals surface area contributed by atoms with E-state index in [0.717, 1.165) is 49.5 Å². The predicted molar refractivity (Wildman–Crippen MR) is 107 cm³/mol. The Labute approximate surface area is 171 Å². The van der Waals surface area contributed by atoms with Gasteiger partial charge in [-0.1, -0.05) is 13.0 Å². The van der Waals surface area contributed by atoms with Crippen LogP contribution < -0.4 is 4.74 Å². The van der Waals surface area contributed by atoms with Crippen LogP contribution in [0.1, 0.15) is 43.0 Å². The van der Waals surface area contributed by atoms with Gasteiger partial charge in [0.25, 0.3) is 5.91 Å². The summed E-state index contributed by atoms with van der Waals surface area (Å²) in [5.41, 5.74) is 0.726. The minimum Gasteiger partial charge on any atom is -0.497 e. The summed E-state index contributed by atoms with van der Waals surface area (Å²) < 4.78 is 5.22. The quantitative estimate of drug-likeness (QED) is 0.741. The fourth-order valence-corrected chi connectivity index (χ4v) is 3.84. The van der Waals surface area contributed by atoms with Crippen LogP contribution in [0.3, 0.4) is 0 Å². The smallest absolute Gasteiger partial charge is 0.414 e. The van der Waals surface area contributed by atoms with Crippen molar-refractivity contribution in [3.8, 4) is 5.75 Å². The number of nitrogens with zero attached hydrogens (tertiary/aromatic N) is 2. The van der Waals surface area contributed by atoms with Gasteiger partial charge in [0.05, 0.1) is 7.11 Å². The van der Waals surface area contributed by atoms with Crippen molar-refractivity contribution in [2.45, 2.75) is 38.6 Å². The maximum atomic E-state index is 12.6. The molecule has 0 bridgehead atoms. The maximum Gasteiger partial charge on any atom is 0.414 e. The monoisotopic (exact) mass is 406 g/mol. The zero-order valence-corrected chi connectivity index (χ0v) is 17.0. The average molecular weight is 406 g/mol. The van der Waals surface area contributed by atoms with Gasteiger partial charge in [-0.05, 0) is 49.8 Å². The van der Waals surface area contributed by atoms with Gasteiger partial charge in [-0.15, -0.1) is 0 Å². The van der Waals surface area contributed by atoms with Crippen LogP contribution in [0.2, 0.25) is 0 Å². The fraction of sp³-hybridized carbons (Fsp3) is 0.571. The highest BCUT2D eigenvalue weighted by Crippen LogP contribution is 2.28. The van der Waals surface area contributed by atoms with Gasteiger partial charge >= 0.3 is 11.9 Å². The molecule has 1 aromatic carbocycles. The molecule has 1 aliphatic heterocycles. The van der Waals surface area contributed by atoms with Crippen molar-refractivity contribution in [1.82, 2.24) is 9.80 Å². The molecule has 1 saturated carbocycles. The molecule has 29 heavy (non-hydrogen) atoms. The lowest BCUT2D eigenvalue weighted by Crippen LogP contribution is -2.52. The molecular formula is C21H30N2O6. The van der Waals surface area contributed by atoms with Crippen LogP contribution in [0.15, 0.2) is 24.3 Å². The summed E-state index contributed by atoms with van der Waals surface area (Å²) in [5, 5.41) is 14.8. The molecule has 8 nitrogen and oxygen atoms in total. The molecule has 2 aliphatic rings. The van der Waals surface area contributed by atoms with Gasteiger partial charge < -0.3 is 19.8 Å². The van der Waals surface area contributed by atoms with E-state index in [9.17, 15) is 4.79 Å². The first kappa shape index (κ1) is 22.7. The number of carboxylic acid groups (broad SMARTS) is 2. The molecule has 0 spiro atoms. The number of carboxylic acids is 2. The van der Waals surface area contributed by atoms with E-state index in [4.69, 9.17) is 24.5 Å². The van der Waals surface area contributed by atoms with Crippen LogP contribution in [-0.4, -0.2) is 77.2 Å². The molecule has 1 amide bonds. The highest BCUT2D eigenvalue weighted by molar-refractivity contribution is 6.27. The van der Waals surface area contributed by atoms with Crippen molar-refractivity contribution < 1.29 is 29.3 Å². The minimum absolute atomic E-state index is 0.126. The van der Waals surface area contributed by atoms with Crippen molar-refractivity contribution in [2.24, 2.45) is 5.92 Å². The Kier molecular flexibility index (Phi) is 8.45. The number of carbonyl (C=O) groups is 3. The van der Waals surface area contributed by atoms with E-state index in [1.807, 2.05) is 29.2 Å². The molecule has 160 valence electrons. The number of rotatable bonds is 3. The van der Waals surface area contributed by atoms with E-state index in [1.165, 1.54) is 25.7 Å². The topological polar surface area (TPSA) is 107 Å². The van der Waals surface area contributed by atoms with Gasteiger partial charge in [0.1, 0.15) is 5.75 Å². The number of ether oxygens (including phenoxy) is 1. The number of piperazine rings is 1. The first-order chi connectivity index (χ1) is 13.8. The lowest BCUT2D eigenvalue weighted by Gasteiger charge is -2.41. The van der Waals surface area contributed by atoms with E-state index in [0.29, 0.717) is 0 Å². The third kappa shape index (κ3) is 6.74. The van der Waals surface area contributed by atoms with Crippen molar-refractivity contribution in [1.29, 1.82) is 0 Å². The molecule has 1 aliphatic carbocycles. The molecule has 0 aromatic heterocycles. The maximum absolute atomic E-state index is 12.6. The Morgan fingerprint density at radius 2 is 1.55 bits per heavy atom. The molecule has 0 atom stereocenters. The summed E-state index contributed by atoms with van der Waals surface area (Å²) in [7, 11) is 1.63. The van der Waals surface area contributed by atoms with Crippen molar-refractivity contribution >= 4 is 17.8 Å². The van der Waals surface area contributed by atoms with Gasteiger partial charge in [-0.2, -0.15) is 0 Å². The van der Waals surface area contributed by atoms with Crippen molar-refractivity contribution in [3.05, 3.63) is 29.8 Å². The highest BCUT2D eigenvalue weighted by atomic mass is 16.5. The molecule has 1 heterocycles. The number of hydrogen-bond donors (Lipinski definition) is 2. The zero-order valence-electron chi connectivity index (χ0n) is 17.0. The van der Waals surface area contributed by atoms with Gasteiger partial charge in [-0.25, -0.2) is 9.59 Å². The van der Waals surface area contributed by atoms with Crippen LogP contribution in [-0.2, 0) is 9.59 Å². The molecule has 0 unspecified atom stereocenters. The van der Waals surface area contributed by atoms with Gasteiger partial charge in [0.2, 0.25) is 0 Å². The second kappa shape index (κ2) is 10.8. The van der Waals surface area contributed by atoms with E-state index in [-0.39, 0.29) is 5.91 Å². The number of methoxy groups -OCH3 is 1. The van der Waals surface area contributed by atoms with Gasteiger partial charge in [0, 0.05) is 37.8 Å².